The molecular formula is C17H25NO3S. The minimum absolute atomic E-state index is 0.260. The molecule has 5 heteroatoms. The molecule has 3 rings (SSSR count). The third-order valence-corrected chi connectivity index (χ3v) is 7.32. The second-order valence-corrected chi connectivity index (χ2v) is 8.73. The minimum Gasteiger partial charge on any atom is -0.392 e. The van der Waals surface area contributed by atoms with Gasteiger partial charge in [0, 0.05) is 5.54 Å². The lowest BCUT2D eigenvalue weighted by Crippen LogP contribution is -2.70. The smallest absolute Gasteiger partial charge is 0.243 e. The zero-order valence-corrected chi connectivity index (χ0v) is 14.1. The van der Waals surface area contributed by atoms with Crippen molar-refractivity contribution in [3.05, 3.63) is 29.8 Å². The molecule has 122 valence electrons. The fraction of sp³-hybridized carbons (Fsp3) is 0.647. The first-order chi connectivity index (χ1) is 10.4. The van der Waals surface area contributed by atoms with Crippen LogP contribution >= 0.6 is 0 Å². The topological polar surface area (TPSA) is 57.6 Å². The summed E-state index contributed by atoms with van der Waals surface area (Å²) in [6.07, 6.45) is 5.32. The van der Waals surface area contributed by atoms with Gasteiger partial charge in [-0.25, -0.2) is 8.42 Å². The van der Waals surface area contributed by atoms with Crippen LogP contribution in [-0.2, 0) is 10.0 Å². The Morgan fingerprint density at radius 3 is 2.32 bits per heavy atom. The van der Waals surface area contributed by atoms with Crippen LogP contribution in [0, 0.1) is 6.92 Å². The van der Waals surface area contributed by atoms with Gasteiger partial charge in [0.1, 0.15) is 0 Å². The molecule has 0 bridgehead atoms. The van der Waals surface area contributed by atoms with Gasteiger partial charge in [-0.3, -0.25) is 0 Å². The van der Waals surface area contributed by atoms with Gasteiger partial charge in [0.25, 0.3) is 0 Å². The van der Waals surface area contributed by atoms with Crippen LogP contribution in [0.25, 0.3) is 0 Å². The Bertz CT molecular complexity index is 630. The Kier molecular flexibility index (Phi) is 4.08. The molecule has 1 saturated carbocycles. The highest BCUT2D eigenvalue weighted by Crippen LogP contribution is 2.50. The largest absolute Gasteiger partial charge is 0.392 e. The van der Waals surface area contributed by atoms with Crippen molar-refractivity contribution >= 4 is 10.0 Å². The minimum atomic E-state index is -3.55. The molecule has 22 heavy (non-hydrogen) atoms. The molecule has 1 aromatic carbocycles. The van der Waals surface area contributed by atoms with Crippen molar-refractivity contribution < 1.29 is 13.5 Å². The summed E-state index contributed by atoms with van der Waals surface area (Å²) in [4.78, 5) is 0.341. The number of hydrogen-bond acceptors (Lipinski definition) is 3. The first-order valence-corrected chi connectivity index (χ1v) is 9.60. The van der Waals surface area contributed by atoms with Crippen molar-refractivity contribution in [1.29, 1.82) is 0 Å². The van der Waals surface area contributed by atoms with Crippen LogP contribution in [0.1, 0.15) is 51.0 Å². The quantitative estimate of drug-likeness (QED) is 0.930. The summed E-state index contributed by atoms with van der Waals surface area (Å²) >= 11 is 0. The summed E-state index contributed by atoms with van der Waals surface area (Å²) in [5.74, 6) is 0. The SMILES string of the molecule is Cc1ccc(S(=O)(=O)N2[C@H]([C@H](C)O)CC23CCCCC3)cc1. The van der Waals surface area contributed by atoms with Crippen molar-refractivity contribution in [2.45, 2.75) is 75.0 Å². The lowest BCUT2D eigenvalue weighted by atomic mass is 9.70. The summed E-state index contributed by atoms with van der Waals surface area (Å²) in [7, 11) is -3.55. The van der Waals surface area contributed by atoms with E-state index >= 15 is 0 Å². The normalized spacial score (nSPS) is 26.6. The molecule has 2 fully saturated rings. The summed E-state index contributed by atoms with van der Waals surface area (Å²) in [5, 5.41) is 10.0. The number of aliphatic hydroxyl groups is 1. The maximum atomic E-state index is 13.1. The monoisotopic (exact) mass is 323 g/mol. The fourth-order valence-electron chi connectivity index (χ4n) is 4.06. The van der Waals surface area contributed by atoms with Gasteiger partial charge in [0.2, 0.25) is 10.0 Å². The molecule has 0 radical (unpaired) electrons. The van der Waals surface area contributed by atoms with E-state index in [-0.39, 0.29) is 11.6 Å². The first kappa shape index (κ1) is 16.0. The van der Waals surface area contributed by atoms with E-state index in [0.717, 1.165) is 37.7 Å². The van der Waals surface area contributed by atoms with Crippen molar-refractivity contribution in [2.24, 2.45) is 0 Å². The second-order valence-electron chi connectivity index (χ2n) is 6.91. The summed E-state index contributed by atoms with van der Waals surface area (Å²) in [6.45, 7) is 3.64. The van der Waals surface area contributed by atoms with Gasteiger partial charge in [-0.1, -0.05) is 37.0 Å². The highest BCUT2D eigenvalue weighted by molar-refractivity contribution is 7.89. The van der Waals surface area contributed by atoms with E-state index in [1.807, 2.05) is 19.1 Å². The maximum absolute atomic E-state index is 13.1. The van der Waals surface area contributed by atoms with Crippen molar-refractivity contribution in [3.8, 4) is 0 Å². The number of sulfonamides is 1. The number of aryl methyl sites for hydroxylation is 1. The Morgan fingerprint density at radius 1 is 1.18 bits per heavy atom. The van der Waals surface area contributed by atoms with E-state index in [2.05, 4.69) is 0 Å². The molecule has 2 aliphatic rings. The molecular weight excluding hydrogens is 298 g/mol. The van der Waals surface area contributed by atoms with E-state index < -0.39 is 16.1 Å². The summed E-state index contributed by atoms with van der Waals surface area (Å²) < 4.78 is 27.9. The molecule has 1 aromatic rings. The van der Waals surface area contributed by atoms with E-state index in [4.69, 9.17) is 0 Å². The maximum Gasteiger partial charge on any atom is 0.243 e. The van der Waals surface area contributed by atoms with Crippen LogP contribution in [-0.4, -0.2) is 35.5 Å². The molecule has 1 heterocycles. The van der Waals surface area contributed by atoms with Crippen LogP contribution in [0.2, 0.25) is 0 Å². The number of nitrogens with zero attached hydrogens (tertiary/aromatic N) is 1. The Morgan fingerprint density at radius 2 is 1.77 bits per heavy atom. The van der Waals surface area contributed by atoms with Crippen molar-refractivity contribution in [1.82, 2.24) is 4.31 Å². The van der Waals surface area contributed by atoms with Crippen molar-refractivity contribution in [3.63, 3.8) is 0 Å². The molecule has 0 aromatic heterocycles. The highest BCUT2D eigenvalue weighted by Gasteiger charge is 2.58. The predicted octanol–water partition coefficient (Wildman–Crippen LogP) is 2.84. The van der Waals surface area contributed by atoms with Gasteiger partial charge in [-0.15, -0.1) is 0 Å². The molecule has 0 amide bonds. The van der Waals surface area contributed by atoms with E-state index in [0.29, 0.717) is 4.90 Å². The van der Waals surface area contributed by atoms with Gasteiger partial charge >= 0.3 is 0 Å². The van der Waals surface area contributed by atoms with E-state index in [1.54, 1.807) is 23.4 Å². The van der Waals surface area contributed by atoms with Crippen molar-refractivity contribution in [2.75, 3.05) is 0 Å². The highest BCUT2D eigenvalue weighted by atomic mass is 32.2. The molecule has 0 unspecified atom stereocenters. The van der Waals surface area contributed by atoms with E-state index in [1.165, 1.54) is 6.42 Å². The van der Waals surface area contributed by atoms with Gasteiger partial charge in [-0.2, -0.15) is 4.31 Å². The number of rotatable bonds is 3. The van der Waals surface area contributed by atoms with Gasteiger partial charge in [-0.05, 0) is 45.2 Å². The average molecular weight is 323 g/mol. The van der Waals surface area contributed by atoms with Gasteiger partial charge < -0.3 is 5.11 Å². The molecule has 1 N–H and O–H groups in total. The molecule has 4 nitrogen and oxygen atoms in total. The summed E-state index contributed by atoms with van der Waals surface area (Å²) in [5.41, 5.74) is 0.783. The van der Waals surface area contributed by atoms with E-state index in [9.17, 15) is 13.5 Å². The molecule has 1 spiro atoms. The van der Waals surface area contributed by atoms with Gasteiger partial charge in [0.15, 0.2) is 0 Å². The lowest BCUT2D eigenvalue weighted by molar-refractivity contribution is -0.0740. The average Bonchev–Trinajstić information content (AvgIpc) is 2.45. The summed E-state index contributed by atoms with van der Waals surface area (Å²) in [6, 6.07) is 6.73. The molecule has 1 saturated heterocycles. The van der Waals surface area contributed by atoms with Crippen LogP contribution in [0.5, 0.6) is 0 Å². The third kappa shape index (κ3) is 2.49. The Balaban J connectivity index is 1.98. The zero-order valence-electron chi connectivity index (χ0n) is 13.3. The molecule has 1 aliphatic carbocycles. The zero-order chi connectivity index (χ0) is 16.0. The standard InChI is InChI=1S/C17H25NO3S/c1-13-6-8-15(9-7-13)22(20,21)18-16(14(2)19)12-17(18)10-4-3-5-11-17/h6-9,14,16,19H,3-5,10-12H2,1-2H3/t14-,16-/m0/s1. The van der Waals surface area contributed by atoms with Crippen LogP contribution < -0.4 is 0 Å². The third-order valence-electron chi connectivity index (χ3n) is 5.28. The van der Waals surface area contributed by atoms with Crippen LogP contribution in [0.3, 0.4) is 0 Å². The number of hydrogen-bond donors (Lipinski definition) is 1. The predicted molar refractivity (Wildman–Crippen MR) is 86.1 cm³/mol. The fourth-order valence-corrected chi connectivity index (χ4v) is 6.14. The molecule has 2 atom stereocenters. The van der Waals surface area contributed by atoms with Crippen LogP contribution in [0.15, 0.2) is 29.2 Å². The number of aliphatic hydroxyl groups excluding tert-OH is 1. The molecule has 1 aliphatic heterocycles. The number of benzene rings is 1. The van der Waals surface area contributed by atoms with Gasteiger partial charge in [0.05, 0.1) is 17.0 Å². The second kappa shape index (κ2) is 5.62. The lowest BCUT2D eigenvalue weighted by Gasteiger charge is -2.59. The Labute approximate surface area is 133 Å². The Hall–Kier alpha value is -0.910. The first-order valence-electron chi connectivity index (χ1n) is 8.16. The van der Waals surface area contributed by atoms with Crippen LogP contribution in [0.4, 0.5) is 0 Å².